The van der Waals surface area contributed by atoms with Crippen LogP contribution in [0.25, 0.3) is 20.3 Å². The number of methoxy groups -OCH3 is 2. The number of piperazine rings is 1. The molecular formula is C24H25N5O5S2. The van der Waals surface area contributed by atoms with E-state index in [0.29, 0.717) is 16.8 Å². The number of nitro groups is 1. The number of fused-ring (bicyclic) bond motifs is 2. The Morgan fingerprint density at radius 2 is 1.83 bits per heavy atom. The maximum atomic E-state index is 12.6. The molecule has 12 heteroatoms. The first-order valence-corrected chi connectivity index (χ1v) is 13.0. The van der Waals surface area contributed by atoms with Crippen molar-refractivity contribution in [1.82, 2.24) is 15.2 Å². The Bertz CT molecular complexity index is 1390. The van der Waals surface area contributed by atoms with Crippen LogP contribution in [-0.4, -0.2) is 74.2 Å². The summed E-state index contributed by atoms with van der Waals surface area (Å²) in [5.41, 5.74) is 0.841. The second-order valence-corrected chi connectivity index (χ2v) is 10.4. The Morgan fingerprint density at radius 1 is 1.08 bits per heavy atom. The molecule has 1 saturated heterocycles. The molecule has 5 rings (SSSR count). The van der Waals surface area contributed by atoms with Crippen LogP contribution in [0.3, 0.4) is 0 Å². The van der Waals surface area contributed by atoms with Gasteiger partial charge in [0.05, 0.1) is 24.0 Å². The predicted molar refractivity (Wildman–Crippen MR) is 142 cm³/mol. The van der Waals surface area contributed by atoms with E-state index in [1.165, 1.54) is 23.5 Å². The Balaban J connectivity index is 1.14. The van der Waals surface area contributed by atoms with Crippen molar-refractivity contribution in [3.05, 3.63) is 51.4 Å². The Hall–Kier alpha value is -3.48. The number of amides is 1. The first-order valence-electron chi connectivity index (χ1n) is 11.4. The first-order chi connectivity index (χ1) is 17.5. The van der Waals surface area contributed by atoms with Crippen LogP contribution in [0.1, 0.15) is 9.67 Å². The van der Waals surface area contributed by atoms with Gasteiger partial charge in [-0.3, -0.25) is 19.8 Å². The van der Waals surface area contributed by atoms with Crippen LogP contribution in [0.2, 0.25) is 0 Å². The number of rotatable bonds is 8. The van der Waals surface area contributed by atoms with E-state index in [4.69, 9.17) is 14.5 Å². The van der Waals surface area contributed by atoms with Gasteiger partial charge in [0.1, 0.15) is 21.7 Å². The maximum absolute atomic E-state index is 12.6. The number of thiazole rings is 1. The summed E-state index contributed by atoms with van der Waals surface area (Å²) in [4.78, 5) is 33.1. The number of nitrogens with zero attached hydrogens (tertiary/aromatic N) is 4. The predicted octanol–water partition coefficient (Wildman–Crippen LogP) is 3.99. The number of hydrogen-bond acceptors (Lipinski definition) is 10. The minimum atomic E-state index is -0.429. The number of non-ortho nitro benzene ring substituents is 1. The van der Waals surface area contributed by atoms with Crippen LogP contribution in [-0.2, 0) is 0 Å². The summed E-state index contributed by atoms with van der Waals surface area (Å²) in [6.45, 7) is 4.69. The molecule has 3 heterocycles. The zero-order valence-corrected chi connectivity index (χ0v) is 21.5. The molecule has 188 valence electrons. The molecule has 1 aliphatic heterocycles. The Labute approximate surface area is 215 Å². The second-order valence-electron chi connectivity index (χ2n) is 8.32. The monoisotopic (exact) mass is 527 g/mol. The molecule has 0 radical (unpaired) electrons. The molecule has 0 atom stereocenters. The summed E-state index contributed by atoms with van der Waals surface area (Å²) in [5.74, 6) is 1.37. The van der Waals surface area contributed by atoms with Gasteiger partial charge < -0.3 is 19.7 Å². The van der Waals surface area contributed by atoms with Crippen molar-refractivity contribution in [3.8, 4) is 11.5 Å². The highest BCUT2D eigenvalue weighted by molar-refractivity contribution is 7.22. The lowest BCUT2D eigenvalue weighted by atomic mass is 10.2. The number of thiophene rings is 1. The van der Waals surface area contributed by atoms with E-state index in [9.17, 15) is 14.9 Å². The molecule has 0 bridgehead atoms. The van der Waals surface area contributed by atoms with E-state index in [-0.39, 0.29) is 11.6 Å². The van der Waals surface area contributed by atoms with Gasteiger partial charge in [0.15, 0.2) is 5.13 Å². The average Bonchev–Trinajstić information content (AvgIpc) is 3.53. The SMILES string of the molecule is COc1ccc(OC)c2sc(N3CCN(CCNC(=O)c4cc5cc([N+](=O)[O-])ccc5s4)CC3)nc12. The van der Waals surface area contributed by atoms with E-state index < -0.39 is 4.92 Å². The van der Waals surface area contributed by atoms with Gasteiger partial charge in [-0.1, -0.05) is 11.3 Å². The molecule has 0 spiro atoms. The molecule has 0 unspecified atom stereocenters. The topological polar surface area (TPSA) is 110 Å². The number of benzene rings is 2. The number of nitro benzene ring substituents is 1. The van der Waals surface area contributed by atoms with Gasteiger partial charge in [-0.2, -0.15) is 0 Å². The van der Waals surface area contributed by atoms with Crippen LogP contribution in [0.5, 0.6) is 11.5 Å². The Kier molecular flexibility index (Phi) is 6.90. The highest BCUT2D eigenvalue weighted by atomic mass is 32.1. The number of carbonyl (C=O) groups is 1. The third kappa shape index (κ3) is 4.79. The van der Waals surface area contributed by atoms with Crippen LogP contribution in [0.15, 0.2) is 36.4 Å². The number of anilines is 1. The zero-order chi connectivity index (χ0) is 25.2. The van der Waals surface area contributed by atoms with E-state index in [1.807, 2.05) is 12.1 Å². The lowest BCUT2D eigenvalue weighted by Crippen LogP contribution is -2.48. The fourth-order valence-corrected chi connectivity index (χ4v) is 6.33. The van der Waals surface area contributed by atoms with Crippen molar-refractivity contribution in [2.24, 2.45) is 0 Å². The van der Waals surface area contributed by atoms with Crippen molar-refractivity contribution in [1.29, 1.82) is 0 Å². The Morgan fingerprint density at radius 3 is 2.56 bits per heavy atom. The van der Waals surface area contributed by atoms with Gasteiger partial charge in [0, 0.05) is 61.5 Å². The normalized spacial score (nSPS) is 14.3. The van der Waals surface area contributed by atoms with Gasteiger partial charge in [0.25, 0.3) is 11.6 Å². The van der Waals surface area contributed by atoms with Gasteiger partial charge in [-0.15, -0.1) is 11.3 Å². The summed E-state index contributed by atoms with van der Waals surface area (Å²) >= 11 is 2.95. The van der Waals surface area contributed by atoms with Crippen molar-refractivity contribution in [2.45, 2.75) is 0 Å². The molecule has 1 fully saturated rings. The zero-order valence-electron chi connectivity index (χ0n) is 19.9. The largest absolute Gasteiger partial charge is 0.495 e. The molecule has 0 saturated carbocycles. The van der Waals surface area contributed by atoms with Crippen molar-refractivity contribution < 1.29 is 19.2 Å². The summed E-state index contributed by atoms with van der Waals surface area (Å²) in [6.07, 6.45) is 0. The van der Waals surface area contributed by atoms with Crippen LogP contribution in [0, 0.1) is 10.1 Å². The van der Waals surface area contributed by atoms with Crippen LogP contribution < -0.4 is 19.7 Å². The number of ether oxygens (including phenoxy) is 2. The first kappa shape index (κ1) is 24.2. The lowest BCUT2D eigenvalue weighted by Gasteiger charge is -2.34. The van der Waals surface area contributed by atoms with E-state index >= 15 is 0 Å². The van der Waals surface area contributed by atoms with Crippen LogP contribution >= 0.6 is 22.7 Å². The molecule has 10 nitrogen and oxygen atoms in total. The molecule has 1 N–H and O–H groups in total. The van der Waals surface area contributed by atoms with E-state index in [1.54, 1.807) is 37.7 Å². The fourth-order valence-electron chi connectivity index (χ4n) is 4.24. The molecule has 2 aromatic carbocycles. The highest BCUT2D eigenvalue weighted by Crippen LogP contribution is 2.40. The molecule has 4 aromatic rings. The molecule has 0 aliphatic carbocycles. The van der Waals surface area contributed by atoms with E-state index in [0.717, 1.165) is 64.3 Å². The quantitative estimate of drug-likeness (QED) is 0.271. The fraction of sp³-hybridized carbons (Fsp3) is 0.333. The third-order valence-electron chi connectivity index (χ3n) is 6.19. The third-order valence-corrected chi connectivity index (χ3v) is 8.44. The van der Waals surface area contributed by atoms with Crippen molar-refractivity contribution in [2.75, 3.05) is 58.4 Å². The van der Waals surface area contributed by atoms with E-state index in [2.05, 4.69) is 15.1 Å². The molecule has 1 aliphatic rings. The van der Waals surface area contributed by atoms with Gasteiger partial charge >= 0.3 is 0 Å². The van der Waals surface area contributed by atoms with Gasteiger partial charge in [-0.05, 0) is 24.3 Å². The standard InChI is InChI=1S/C24H25N5O5S2/c1-33-17-4-5-18(34-2)22-21(17)26-24(36-22)28-11-9-27(10-12-28)8-7-25-23(30)20-14-15-13-16(29(31)32)3-6-19(15)35-20/h3-6,13-14H,7-12H2,1-2H3,(H,25,30). The number of hydrogen-bond donors (Lipinski definition) is 1. The minimum Gasteiger partial charge on any atom is -0.495 e. The molecule has 2 aromatic heterocycles. The average molecular weight is 528 g/mol. The van der Waals surface area contributed by atoms with Gasteiger partial charge in [0.2, 0.25) is 0 Å². The number of nitrogens with one attached hydrogen (secondary N) is 1. The highest BCUT2D eigenvalue weighted by Gasteiger charge is 2.22. The summed E-state index contributed by atoms with van der Waals surface area (Å²) < 4.78 is 12.8. The molecule has 36 heavy (non-hydrogen) atoms. The van der Waals surface area contributed by atoms with Crippen molar-refractivity contribution >= 4 is 59.7 Å². The smallest absolute Gasteiger partial charge is 0.270 e. The maximum Gasteiger partial charge on any atom is 0.270 e. The summed E-state index contributed by atoms with van der Waals surface area (Å²) in [5, 5.41) is 15.6. The minimum absolute atomic E-state index is 0.0236. The number of carbonyl (C=O) groups excluding carboxylic acids is 1. The number of aromatic nitrogens is 1. The van der Waals surface area contributed by atoms with Crippen LogP contribution in [0.4, 0.5) is 10.8 Å². The molecular weight excluding hydrogens is 502 g/mol. The molecule has 1 amide bonds. The summed E-state index contributed by atoms with van der Waals surface area (Å²) in [7, 11) is 3.30. The summed E-state index contributed by atoms with van der Waals surface area (Å²) in [6, 6.07) is 10.1. The van der Waals surface area contributed by atoms with Crippen molar-refractivity contribution in [3.63, 3.8) is 0 Å². The lowest BCUT2D eigenvalue weighted by molar-refractivity contribution is -0.384. The van der Waals surface area contributed by atoms with Gasteiger partial charge in [-0.25, -0.2) is 4.98 Å². The second kappa shape index (κ2) is 10.2.